The molecule has 2 saturated heterocycles. The van der Waals surface area contributed by atoms with Crippen molar-refractivity contribution in [3.05, 3.63) is 64.7 Å². The third kappa shape index (κ3) is 2.84. The average molecular weight is 434 g/mol. The second kappa shape index (κ2) is 7.53. The predicted molar refractivity (Wildman–Crippen MR) is 119 cm³/mol. The molecular weight excluding hydrogens is 406 g/mol. The summed E-state index contributed by atoms with van der Waals surface area (Å²) in [5.74, 6) is -2.20. The van der Waals surface area contributed by atoms with Crippen LogP contribution in [0.15, 0.2) is 42.5 Å². The Labute approximate surface area is 187 Å². The van der Waals surface area contributed by atoms with E-state index in [1.807, 2.05) is 56.3 Å². The van der Waals surface area contributed by atoms with Crippen molar-refractivity contribution in [1.82, 2.24) is 10.2 Å². The molecule has 7 heteroatoms. The number of methoxy groups -OCH3 is 1. The van der Waals surface area contributed by atoms with Gasteiger partial charge >= 0.3 is 0 Å². The molecular formula is C25H27N3O4. The molecule has 2 N–H and O–H groups in total. The Balaban J connectivity index is 1.64. The molecule has 0 bridgehead atoms. The summed E-state index contributed by atoms with van der Waals surface area (Å²) in [4.78, 5) is 41.9. The number of carbonyl (C=O) groups excluding carboxylic acids is 3. The van der Waals surface area contributed by atoms with Gasteiger partial charge in [-0.1, -0.05) is 48.0 Å². The molecule has 0 aliphatic carbocycles. The van der Waals surface area contributed by atoms with Crippen LogP contribution in [0.3, 0.4) is 0 Å². The molecule has 0 saturated carbocycles. The van der Waals surface area contributed by atoms with Crippen LogP contribution in [-0.4, -0.2) is 48.9 Å². The van der Waals surface area contributed by atoms with E-state index in [4.69, 9.17) is 4.74 Å². The molecule has 2 unspecified atom stereocenters. The summed E-state index contributed by atoms with van der Waals surface area (Å²) in [5, 5.41) is 6.51. The number of likely N-dealkylation sites (tertiary alicyclic amines) is 1. The Bertz CT molecular complexity index is 1120. The predicted octanol–water partition coefficient (Wildman–Crippen LogP) is 1.91. The number of amides is 3. The summed E-state index contributed by atoms with van der Waals surface area (Å²) in [6, 6.07) is 13.5. The molecule has 3 aliphatic rings. The molecule has 3 heterocycles. The van der Waals surface area contributed by atoms with E-state index in [9.17, 15) is 14.4 Å². The molecule has 3 amide bonds. The fourth-order valence-corrected chi connectivity index (χ4v) is 5.76. The first-order valence-corrected chi connectivity index (χ1v) is 11.0. The standard InChI is InChI=1S/C25H27N3O4/c1-14-11-15(2)21-17(12-14)25(24(31)26-21)20-19(22(29)28(23(20)30)9-10-32-3)18(27-25)13-16-7-5-4-6-8-16/h4-8,11-12,18-20,27H,9-10,13H2,1-3H3,(H,26,31)/t18?,19-,20+,25?/m1/s1. The molecule has 2 aromatic carbocycles. The van der Waals surface area contributed by atoms with E-state index >= 15 is 0 Å². The maximum Gasteiger partial charge on any atom is 0.250 e. The summed E-state index contributed by atoms with van der Waals surface area (Å²) >= 11 is 0. The van der Waals surface area contributed by atoms with Gasteiger partial charge in [0.2, 0.25) is 17.7 Å². The van der Waals surface area contributed by atoms with E-state index in [1.165, 1.54) is 4.90 Å². The quantitative estimate of drug-likeness (QED) is 0.704. The maximum absolute atomic E-state index is 13.6. The molecule has 3 aliphatic heterocycles. The summed E-state index contributed by atoms with van der Waals surface area (Å²) in [7, 11) is 1.54. The van der Waals surface area contributed by atoms with Crippen molar-refractivity contribution in [2.24, 2.45) is 11.8 Å². The van der Waals surface area contributed by atoms with Crippen LogP contribution in [0.2, 0.25) is 0 Å². The van der Waals surface area contributed by atoms with Crippen molar-refractivity contribution >= 4 is 23.4 Å². The zero-order chi connectivity index (χ0) is 22.6. The molecule has 7 nitrogen and oxygen atoms in total. The Hall–Kier alpha value is -3.03. The number of anilines is 1. The number of nitrogens with one attached hydrogen (secondary N) is 2. The van der Waals surface area contributed by atoms with E-state index in [-0.39, 0.29) is 36.9 Å². The molecule has 2 aromatic rings. The van der Waals surface area contributed by atoms with Gasteiger partial charge in [0, 0.05) is 24.4 Å². The summed E-state index contributed by atoms with van der Waals surface area (Å²) in [6.45, 7) is 4.38. The van der Waals surface area contributed by atoms with Crippen molar-refractivity contribution in [3.8, 4) is 0 Å². The maximum atomic E-state index is 13.6. The number of ether oxygens (including phenoxy) is 1. The first kappa shape index (κ1) is 20.8. The van der Waals surface area contributed by atoms with Crippen LogP contribution < -0.4 is 10.6 Å². The van der Waals surface area contributed by atoms with Crippen molar-refractivity contribution in [3.63, 3.8) is 0 Å². The third-order valence-corrected chi connectivity index (χ3v) is 7.07. The largest absolute Gasteiger partial charge is 0.383 e. The highest BCUT2D eigenvalue weighted by molar-refractivity contribution is 6.15. The van der Waals surface area contributed by atoms with Gasteiger partial charge < -0.3 is 10.1 Å². The van der Waals surface area contributed by atoms with Gasteiger partial charge in [-0.15, -0.1) is 0 Å². The van der Waals surface area contributed by atoms with Gasteiger partial charge in [-0.3, -0.25) is 24.6 Å². The van der Waals surface area contributed by atoms with Gasteiger partial charge in [0.15, 0.2) is 0 Å². The minimum Gasteiger partial charge on any atom is -0.383 e. The van der Waals surface area contributed by atoms with Crippen LogP contribution in [0.5, 0.6) is 0 Å². The minimum atomic E-state index is -1.26. The Morgan fingerprint density at radius 2 is 1.81 bits per heavy atom. The normalized spacial score (nSPS) is 28.4. The van der Waals surface area contributed by atoms with Gasteiger partial charge in [0.05, 0.1) is 25.0 Å². The number of hydrogen-bond acceptors (Lipinski definition) is 5. The molecule has 1 spiro atoms. The lowest BCUT2D eigenvalue weighted by atomic mass is 9.75. The molecule has 5 rings (SSSR count). The number of nitrogens with zero attached hydrogens (tertiary/aromatic N) is 1. The minimum absolute atomic E-state index is 0.191. The number of fused-ring (bicyclic) bond motifs is 4. The second-order valence-electron chi connectivity index (χ2n) is 9.03. The number of hydrogen-bond donors (Lipinski definition) is 2. The molecule has 32 heavy (non-hydrogen) atoms. The Morgan fingerprint density at radius 3 is 2.53 bits per heavy atom. The highest BCUT2D eigenvalue weighted by atomic mass is 16.5. The topological polar surface area (TPSA) is 87.7 Å². The smallest absolute Gasteiger partial charge is 0.250 e. The van der Waals surface area contributed by atoms with E-state index in [0.29, 0.717) is 6.42 Å². The number of rotatable bonds is 5. The molecule has 0 radical (unpaired) electrons. The van der Waals surface area contributed by atoms with E-state index in [2.05, 4.69) is 10.6 Å². The fourth-order valence-electron chi connectivity index (χ4n) is 5.76. The lowest BCUT2D eigenvalue weighted by Gasteiger charge is -2.30. The highest BCUT2D eigenvalue weighted by Gasteiger charge is 2.70. The van der Waals surface area contributed by atoms with Crippen LogP contribution in [0.1, 0.15) is 22.3 Å². The number of aryl methyl sites for hydroxylation is 2. The fraction of sp³-hybridized carbons (Fsp3) is 0.400. The van der Waals surface area contributed by atoms with E-state index in [0.717, 1.165) is 27.9 Å². The first-order valence-electron chi connectivity index (χ1n) is 11.0. The molecule has 2 fully saturated rings. The number of carbonyl (C=O) groups is 3. The average Bonchev–Trinajstić information content (AvgIpc) is 3.33. The summed E-state index contributed by atoms with van der Waals surface area (Å²) in [6.07, 6.45) is 0.550. The second-order valence-corrected chi connectivity index (χ2v) is 9.03. The lowest BCUT2D eigenvalue weighted by molar-refractivity contribution is -0.143. The molecule has 4 atom stereocenters. The highest BCUT2D eigenvalue weighted by Crippen LogP contribution is 2.54. The number of benzene rings is 2. The van der Waals surface area contributed by atoms with Crippen LogP contribution in [0, 0.1) is 25.7 Å². The van der Waals surface area contributed by atoms with Gasteiger partial charge in [-0.05, 0) is 31.4 Å². The van der Waals surface area contributed by atoms with Crippen LogP contribution in [0.4, 0.5) is 5.69 Å². The summed E-state index contributed by atoms with van der Waals surface area (Å²) < 4.78 is 5.13. The molecule has 166 valence electrons. The zero-order valence-corrected chi connectivity index (χ0v) is 18.5. The van der Waals surface area contributed by atoms with Crippen molar-refractivity contribution in [1.29, 1.82) is 0 Å². The zero-order valence-electron chi connectivity index (χ0n) is 18.5. The van der Waals surface area contributed by atoms with Gasteiger partial charge in [-0.2, -0.15) is 0 Å². The SMILES string of the molecule is COCCN1C(=O)[C@@H]2C(Cc3ccccc3)NC3(C(=O)Nc4c(C)cc(C)cc43)[C@@H]2C1=O. The van der Waals surface area contributed by atoms with Gasteiger partial charge in [0.25, 0.3) is 0 Å². The van der Waals surface area contributed by atoms with Gasteiger partial charge in [-0.25, -0.2) is 0 Å². The Morgan fingerprint density at radius 1 is 1.06 bits per heavy atom. The van der Waals surface area contributed by atoms with Crippen LogP contribution in [-0.2, 0) is 31.1 Å². The van der Waals surface area contributed by atoms with Crippen molar-refractivity contribution < 1.29 is 19.1 Å². The van der Waals surface area contributed by atoms with Crippen LogP contribution >= 0.6 is 0 Å². The lowest BCUT2D eigenvalue weighted by Crippen LogP contribution is -2.53. The third-order valence-electron chi connectivity index (χ3n) is 7.07. The monoisotopic (exact) mass is 433 g/mol. The van der Waals surface area contributed by atoms with Crippen molar-refractivity contribution in [2.75, 3.05) is 25.6 Å². The molecule has 0 aromatic heterocycles. The van der Waals surface area contributed by atoms with Gasteiger partial charge in [0.1, 0.15) is 5.54 Å². The van der Waals surface area contributed by atoms with E-state index in [1.54, 1.807) is 7.11 Å². The first-order chi connectivity index (χ1) is 15.4. The van der Waals surface area contributed by atoms with Crippen molar-refractivity contribution in [2.45, 2.75) is 31.8 Å². The Kier molecular flexibility index (Phi) is 4.91. The number of imide groups is 1. The van der Waals surface area contributed by atoms with E-state index < -0.39 is 17.4 Å². The van der Waals surface area contributed by atoms with Crippen LogP contribution in [0.25, 0.3) is 0 Å². The summed E-state index contributed by atoms with van der Waals surface area (Å²) in [5.41, 5.74) is 3.25.